The molecular formula is C26H24F2N5O+. The van der Waals surface area contributed by atoms with Gasteiger partial charge in [0.2, 0.25) is 0 Å². The largest absolute Gasteiger partial charge is 0.390 e. The van der Waals surface area contributed by atoms with Gasteiger partial charge in [-0.25, -0.2) is 13.2 Å². The maximum absolute atomic E-state index is 13.2. The fraction of sp³-hybridized carbons (Fsp3) is 0.192. The van der Waals surface area contributed by atoms with Crippen LogP contribution in [0.2, 0.25) is 0 Å². The van der Waals surface area contributed by atoms with Crippen LogP contribution in [0.4, 0.5) is 8.78 Å². The molecule has 5 aromatic rings. The molecule has 0 aliphatic heterocycles. The van der Waals surface area contributed by atoms with Crippen molar-refractivity contribution >= 4 is 16.6 Å². The number of benzene rings is 2. The molecule has 6 nitrogen and oxygen atoms in total. The number of hydrogen-bond acceptors (Lipinski definition) is 4. The molecule has 0 aliphatic rings. The topological polar surface area (TPSA) is 67.1 Å². The molecule has 5 rings (SSSR count). The van der Waals surface area contributed by atoms with E-state index in [0.29, 0.717) is 0 Å². The number of nitrogens with zero attached hydrogens (tertiary/aromatic N) is 4. The Morgan fingerprint density at radius 3 is 2.53 bits per heavy atom. The summed E-state index contributed by atoms with van der Waals surface area (Å²) in [4.78, 5) is 4.68. The Balaban J connectivity index is 1.52. The van der Waals surface area contributed by atoms with Gasteiger partial charge in [-0.2, -0.15) is 0 Å². The van der Waals surface area contributed by atoms with Gasteiger partial charge in [-0.1, -0.05) is 47.1 Å². The van der Waals surface area contributed by atoms with Crippen molar-refractivity contribution in [3.8, 4) is 16.8 Å². The predicted octanol–water partition coefficient (Wildman–Crippen LogP) is 3.85. The van der Waals surface area contributed by atoms with Crippen molar-refractivity contribution in [2.24, 2.45) is 0 Å². The number of aliphatic hydroxyl groups excluding tert-OH is 1. The summed E-state index contributed by atoms with van der Waals surface area (Å²) in [5.41, 5.74) is 5.59. The first-order valence-corrected chi connectivity index (χ1v) is 11.0. The van der Waals surface area contributed by atoms with Crippen LogP contribution in [0.25, 0.3) is 33.4 Å². The van der Waals surface area contributed by atoms with Crippen LogP contribution >= 0.6 is 0 Å². The summed E-state index contributed by atoms with van der Waals surface area (Å²) in [5.74, 6) is -2.30. The Morgan fingerprint density at radius 2 is 1.79 bits per heavy atom. The molecule has 0 atom stereocenters. The Bertz CT molecular complexity index is 1450. The first-order chi connectivity index (χ1) is 16.4. The number of aliphatic hydroxyl groups is 1. The fourth-order valence-electron chi connectivity index (χ4n) is 4.02. The number of halogens is 2. The van der Waals surface area contributed by atoms with E-state index < -0.39 is 19.1 Å². The third-order valence-corrected chi connectivity index (χ3v) is 5.80. The molecule has 172 valence electrons. The van der Waals surface area contributed by atoms with Crippen molar-refractivity contribution in [3.05, 3.63) is 90.5 Å². The summed E-state index contributed by atoms with van der Waals surface area (Å²) in [6.07, 6.45) is 3.84. The molecular weight excluding hydrogens is 436 g/mol. The molecule has 34 heavy (non-hydrogen) atoms. The van der Waals surface area contributed by atoms with Crippen molar-refractivity contribution in [2.45, 2.75) is 19.4 Å². The first-order valence-electron chi connectivity index (χ1n) is 11.0. The summed E-state index contributed by atoms with van der Waals surface area (Å²) in [7, 11) is 0. The highest BCUT2D eigenvalue weighted by Gasteiger charge is 2.27. The van der Waals surface area contributed by atoms with Gasteiger partial charge >= 0.3 is 0 Å². The number of rotatable bonds is 7. The molecule has 0 aliphatic carbocycles. The van der Waals surface area contributed by atoms with E-state index in [9.17, 15) is 8.78 Å². The Kier molecular flexibility index (Phi) is 5.77. The lowest BCUT2D eigenvalue weighted by Gasteiger charge is -2.13. The second kappa shape index (κ2) is 8.89. The van der Waals surface area contributed by atoms with Crippen LogP contribution in [-0.2, 0) is 6.54 Å². The van der Waals surface area contributed by atoms with E-state index in [0.717, 1.165) is 44.8 Å². The average Bonchev–Trinajstić information content (AvgIpc) is 3.21. The first kappa shape index (κ1) is 22.1. The molecule has 8 heteroatoms. The Hall–Kier alpha value is -3.75. The lowest BCUT2D eigenvalue weighted by molar-refractivity contribution is -0.519. The molecule has 0 radical (unpaired) electrons. The molecule has 0 amide bonds. The minimum Gasteiger partial charge on any atom is -0.390 e. The summed E-state index contributed by atoms with van der Waals surface area (Å²) < 4.78 is 30.4. The van der Waals surface area contributed by atoms with Crippen LogP contribution in [-0.4, -0.2) is 38.9 Å². The van der Waals surface area contributed by atoms with Crippen LogP contribution in [0.5, 0.6) is 0 Å². The maximum atomic E-state index is 13.2. The molecule has 2 aromatic carbocycles. The number of hydrogen-bond donors (Lipinski definition) is 2. The van der Waals surface area contributed by atoms with Gasteiger partial charge in [0.25, 0.3) is 17.4 Å². The van der Waals surface area contributed by atoms with E-state index in [-0.39, 0.29) is 6.54 Å². The molecule has 0 unspecified atom stereocenters. The van der Waals surface area contributed by atoms with E-state index >= 15 is 0 Å². The standard InChI is InChI=1S/C26H24F2N5O/c1-18-31-33(22-9-7-19(8-10-22)14-29-16-26(27,28)17-34)25-23-13-21(20-5-3-2-4-6-20)15-30-24(23)11-12-32(18)25/h2-13,15,29,34H,14,16-17H2,1H3/q+1. The van der Waals surface area contributed by atoms with Crippen LogP contribution in [0.3, 0.4) is 0 Å². The SMILES string of the molecule is Cc1nn(-c2ccc(CNCC(F)(F)CO)cc2)c2c3cc(-c4ccccc4)cnc3cc[n+]12. The predicted molar refractivity (Wildman–Crippen MR) is 126 cm³/mol. The van der Waals surface area contributed by atoms with E-state index in [1.165, 1.54) is 0 Å². The van der Waals surface area contributed by atoms with Crippen molar-refractivity contribution in [1.82, 2.24) is 20.1 Å². The quantitative estimate of drug-likeness (QED) is 0.362. The third kappa shape index (κ3) is 4.25. The zero-order chi connectivity index (χ0) is 23.7. The summed E-state index contributed by atoms with van der Waals surface area (Å²) in [5, 5.41) is 17.1. The normalized spacial score (nSPS) is 12.0. The lowest BCUT2D eigenvalue weighted by Crippen LogP contribution is -2.35. The van der Waals surface area contributed by atoms with Gasteiger partial charge in [-0.15, -0.1) is 0 Å². The highest BCUT2D eigenvalue weighted by atomic mass is 19.3. The second-order valence-corrected chi connectivity index (χ2v) is 8.28. The Morgan fingerprint density at radius 1 is 1.03 bits per heavy atom. The number of fused-ring (bicyclic) bond motifs is 3. The van der Waals surface area contributed by atoms with Gasteiger partial charge in [-0.3, -0.25) is 4.98 Å². The molecule has 3 aromatic heterocycles. The van der Waals surface area contributed by atoms with Crippen LogP contribution < -0.4 is 9.72 Å². The van der Waals surface area contributed by atoms with Crippen molar-refractivity contribution in [1.29, 1.82) is 0 Å². The molecule has 3 heterocycles. The lowest BCUT2D eigenvalue weighted by atomic mass is 10.1. The summed E-state index contributed by atoms with van der Waals surface area (Å²) >= 11 is 0. The monoisotopic (exact) mass is 460 g/mol. The minimum absolute atomic E-state index is 0.275. The molecule has 2 N–H and O–H groups in total. The summed E-state index contributed by atoms with van der Waals surface area (Å²) in [6.45, 7) is 0.477. The van der Waals surface area contributed by atoms with Crippen molar-refractivity contribution < 1.29 is 18.3 Å². The summed E-state index contributed by atoms with van der Waals surface area (Å²) in [6, 6.07) is 21.8. The van der Waals surface area contributed by atoms with Crippen LogP contribution in [0.15, 0.2) is 79.1 Å². The fourth-order valence-corrected chi connectivity index (χ4v) is 4.02. The van der Waals surface area contributed by atoms with Gasteiger partial charge in [0, 0.05) is 30.3 Å². The van der Waals surface area contributed by atoms with Gasteiger partial charge in [-0.05, 0) is 35.4 Å². The molecule has 0 fully saturated rings. The minimum atomic E-state index is -3.13. The van der Waals surface area contributed by atoms with Crippen molar-refractivity contribution in [2.75, 3.05) is 13.2 Å². The van der Waals surface area contributed by atoms with Crippen LogP contribution in [0, 0.1) is 6.92 Å². The zero-order valence-electron chi connectivity index (χ0n) is 18.6. The average molecular weight is 461 g/mol. The van der Waals surface area contributed by atoms with Crippen LogP contribution in [0.1, 0.15) is 11.4 Å². The molecule has 0 saturated heterocycles. The number of nitrogens with one attached hydrogen (secondary N) is 1. The smallest absolute Gasteiger partial charge is 0.282 e. The number of aromatic nitrogens is 4. The molecule has 0 bridgehead atoms. The third-order valence-electron chi connectivity index (χ3n) is 5.80. The zero-order valence-corrected chi connectivity index (χ0v) is 18.6. The Labute approximate surface area is 195 Å². The van der Waals surface area contributed by atoms with Gasteiger partial charge in [0.05, 0.1) is 23.6 Å². The van der Waals surface area contributed by atoms with Gasteiger partial charge in [0.15, 0.2) is 0 Å². The van der Waals surface area contributed by atoms with E-state index in [1.807, 2.05) is 76.9 Å². The van der Waals surface area contributed by atoms with Gasteiger partial charge < -0.3 is 10.4 Å². The highest BCUT2D eigenvalue weighted by Crippen LogP contribution is 2.25. The highest BCUT2D eigenvalue weighted by molar-refractivity contribution is 5.92. The second-order valence-electron chi connectivity index (χ2n) is 8.28. The number of alkyl halides is 2. The molecule has 0 spiro atoms. The van der Waals surface area contributed by atoms with E-state index in [4.69, 9.17) is 10.2 Å². The molecule has 0 saturated carbocycles. The van der Waals surface area contributed by atoms with E-state index in [1.54, 1.807) is 0 Å². The number of aryl methyl sites for hydroxylation is 1. The number of pyridine rings is 2. The van der Waals surface area contributed by atoms with E-state index in [2.05, 4.69) is 28.5 Å². The van der Waals surface area contributed by atoms with Gasteiger partial charge in [0.1, 0.15) is 12.3 Å². The maximum Gasteiger partial charge on any atom is 0.282 e. The van der Waals surface area contributed by atoms with Crippen molar-refractivity contribution in [3.63, 3.8) is 0 Å².